The molecule has 38 heavy (non-hydrogen) atoms. The molecular formula is C28H20ClN3O4S2. The maximum Gasteiger partial charge on any atom is 0.308 e. The molecule has 3 amide bonds. The SMILES string of the molecule is O=C(Cn1c2c(sc1=O)[C@H](c1ccccc1)C1C(=O)N(c3ccc(Cl)cc3)C(=O)C1S2)Nc1ccccc1. The first-order valence-corrected chi connectivity index (χ1v) is 13.9. The first kappa shape index (κ1) is 24.7. The van der Waals surface area contributed by atoms with Gasteiger partial charge in [0, 0.05) is 21.5 Å². The van der Waals surface area contributed by atoms with Crippen LogP contribution in [0.15, 0.2) is 94.7 Å². The molecule has 1 aromatic heterocycles. The molecule has 2 aliphatic rings. The number of para-hydroxylation sites is 1. The zero-order valence-electron chi connectivity index (χ0n) is 19.7. The fourth-order valence-corrected chi connectivity index (χ4v) is 7.88. The normalized spacial score (nSPS) is 20.2. The van der Waals surface area contributed by atoms with Gasteiger partial charge in [0.2, 0.25) is 17.7 Å². The Morgan fingerprint density at radius 1 is 0.868 bits per heavy atom. The number of thioether (sulfide) groups is 1. The van der Waals surface area contributed by atoms with Crippen LogP contribution in [0, 0.1) is 5.92 Å². The molecule has 10 heteroatoms. The zero-order valence-corrected chi connectivity index (χ0v) is 22.1. The minimum atomic E-state index is -0.742. The van der Waals surface area contributed by atoms with Crippen LogP contribution in [0.3, 0.4) is 0 Å². The molecular weight excluding hydrogens is 542 g/mol. The fraction of sp³-hybridized carbons (Fsp3) is 0.143. The largest absolute Gasteiger partial charge is 0.325 e. The van der Waals surface area contributed by atoms with Crippen LogP contribution in [-0.4, -0.2) is 27.5 Å². The predicted molar refractivity (Wildman–Crippen MR) is 149 cm³/mol. The molecule has 6 rings (SSSR count). The first-order valence-electron chi connectivity index (χ1n) is 11.9. The van der Waals surface area contributed by atoms with E-state index in [2.05, 4.69) is 5.32 Å². The number of thiazole rings is 1. The summed E-state index contributed by atoms with van der Waals surface area (Å²) in [5.41, 5.74) is 1.92. The van der Waals surface area contributed by atoms with Crippen molar-refractivity contribution in [3.05, 3.63) is 110 Å². The summed E-state index contributed by atoms with van der Waals surface area (Å²) >= 11 is 8.25. The smallest absolute Gasteiger partial charge is 0.308 e. The van der Waals surface area contributed by atoms with Gasteiger partial charge in [0.15, 0.2) is 0 Å². The van der Waals surface area contributed by atoms with Gasteiger partial charge < -0.3 is 5.32 Å². The van der Waals surface area contributed by atoms with Crippen molar-refractivity contribution in [1.82, 2.24) is 4.57 Å². The molecule has 0 bridgehead atoms. The molecule has 190 valence electrons. The number of carbonyl (C=O) groups is 3. The van der Waals surface area contributed by atoms with Crippen LogP contribution in [0.1, 0.15) is 16.4 Å². The molecule has 3 aromatic carbocycles. The van der Waals surface area contributed by atoms with Gasteiger partial charge in [0.1, 0.15) is 11.8 Å². The highest BCUT2D eigenvalue weighted by Gasteiger charge is 2.56. The van der Waals surface area contributed by atoms with E-state index in [1.807, 2.05) is 48.5 Å². The topological polar surface area (TPSA) is 88.5 Å². The van der Waals surface area contributed by atoms with Crippen molar-refractivity contribution >= 4 is 63.8 Å². The standard InChI is InChI=1S/C28H20ClN3O4S2/c29-17-11-13-19(14-12-17)32-25(34)22-21(16-7-3-1-4-8-16)24-27(37-23(22)26(32)35)31(28(36)38-24)15-20(33)30-18-9-5-2-6-10-18/h1-14,21-23H,15H2,(H,30,33)/t21-,22?,23?/m1/s1. The Morgan fingerprint density at radius 2 is 1.53 bits per heavy atom. The molecule has 0 spiro atoms. The van der Waals surface area contributed by atoms with Crippen LogP contribution >= 0.6 is 34.7 Å². The summed E-state index contributed by atoms with van der Waals surface area (Å²) < 4.78 is 1.41. The molecule has 0 radical (unpaired) electrons. The number of anilines is 2. The van der Waals surface area contributed by atoms with E-state index in [0.29, 0.717) is 26.3 Å². The third-order valence-electron chi connectivity index (χ3n) is 6.65. The van der Waals surface area contributed by atoms with Crippen LogP contribution in [0.25, 0.3) is 0 Å². The van der Waals surface area contributed by atoms with Gasteiger partial charge >= 0.3 is 4.87 Å². The number of rotatable bonds is 5. The average Bonchev–Trinajstić information content (AvgIpc) is 3.36. The lowest BCUT2D eigenvalue weighted by atomic mass is 9.83. The summed E-state index contributed by atoms with van der Waals surface area (Å²) in [6.07, 6.45) is 0. The highest BCUT2D eigenvalue weighted by molar-refractivity contribution is 8.00. The second-order valence-corrected chi connectivity index (χ2v) is 11.5. The first-order chi connectivity index (χ1) is 18.4. The Bertz CT molecular complexity index is 1600. The summed E-state index contributed by atoms with van der Waals surface area (Å²) in [5.74, 6) is -2.21. The van der Waals surface area contributed by atoms with Crippen molar-refractivity contribution in [3.63, 3.8) is 0 Å². The Labute approximate surface area is 231 Å². The summed E-state index contributed by atoms with van der Waals surface area (Å²) in [6.45, 7) is -0.200. The molecule has 3 heterocycles. The van der Waals surface area contributed by atoms with Crippen LogP contribution in [0.2, 0.25) is 5.02 Å². The predicted octanol–water partition coefficient (Wildman–Crippen LogP) is 5.00. The number of hydrogen-bond donors (Lipinski definition) is 1. The van der Waals surface area contributed by atoms with Gasteiger partial charge in [-0.2, -0.15) is 0 Å². The fourth-order valence-electron chi connectivity index (χ4n) is 4.99. The highest BCUT2D eigenvalue weighted by Crippen LogP contribution is 2.53. The van der Waals surface area contributed by atoms with Crippen molar-refractivity contribution in [2.75, 3.05) is 10.2 Å². The lowest BCUT2D eigenvalue weighted by Gasteiger charge is -2.30. The molecule has 3 atom stereocenters. The summed E-state index contributed by atoms with van der Waals surface area (Å²) in [6, 6.07) is 25.0. The third-order valence-corrected chi connectivity index (χ3v) is 9.51. The molecule has 0 saturated carbocycles. The van der Waals surface area contributed by atoms with E-state index in [1.165, 1.54) is 21.2 Å². The van der Waals surface area contributed by atoms with E-state index in [1.54, 1.807) is 36.4 Å². The second kappa shape index (κ2) is 9.90. The Morgan fingerprint density at radius 3 is 2.21 bits per heavy atom. The number of benzene rings is 3. The van der Waals surface area contributed by atoms with Gasteiger partial charge in [-0.3, -0.25) is 23.7 Å². The number of nitrogens with one attached hydrogen (secondary N) is 1. The monoisotopic (exact) mass is 561 g/mol. The lowest BCUT2D eigenvalue weighted by molar-refractivity contribution is -0.122. The van der Waals surface area contributed by atoms with Crippen LogP contribution in [0.4, 0.5) is 11.4 Å². The quantitative estimate of drug-likeness (QED) is 0.347. The highest BCUT2D eigenvalue weighted by atomic mass is 35.5. The molecule has 7 nitrogen and oxygen atoms in total. The molecule has 1 N–H and O–H groups in total. The van der Waals surface area contributed by atoms with Gasteiger partial charge in [-0.05, 0) is 42.0 Å². The number of carbonyl (C=O) groups excluding carboxylic acids is 3. The number of fused-ring (bicyclic) bond motifs is 2. The minimum absolute atomic E-state index is 0.200. The Balaban J connectivity index is 1.41. The van der Waals surface area contributed by atoms with Crippen LogP contribution in [-0.2, 0) is 20.9 Å². The van der Waals surface area contributed by atoms with Gasteiger partial charge in [-0.25, -0.2) is 4.90 Å². The molecule has 2 aliphatic heterocycles. The van der Waals surface area contributed by atoms with Crippen LogP contribution in [0.5, 0.6) is 0 Å². The van der Waals surface area contributed by atoms with Gasteiger partial charge in [-0.1, -0.05) is 83.2 Å². The Kier molecular flexibility index (Phi) is 6.43. The van der Waals surface area contributed by atoms with Gasteiger partial charge in [0.05, 0.1) is 16.6 Å². The number of hydrogen-bond acceptors (Lipinski definition) is 6. The van der Waals surface area contributed by atoms with Crippen molar-refractivity contribution in [1.29, 1.82) is 0 Å². The second-order valence-electron chi connectivity index (χ2n) is 8.98. The van der Waals surface area contributed by atoms with Crippen molar-refractivity contribution in [2.45, 2.75) is 22.7 Å². The van der Waals surface area contributed by atoms with Crippen molar-refractivity contribution in [2.24, 2.45) is 5.92 Å². The summed E-state index contributed by atoms with van der Waals surface area (Å²) in [7, 11) is 0. The lowest BCUT2D eigenvalue weighted by Crippen LogP contribution is -2.33. The van der Waals surface area contributed by atoms with Crippen LogP contribution < -0.4 is 15.1 Å². The minimum Gasteiger partial charge on any atom is -0.325 e. The number of imide groups is 1. The molecule has 0 aliphatic carbocycles. The number of aromatic nitrogens is 1. The van der Waals surface area contributed by atoms with Crippen molar-refractivity contribution in [3.8, 4) is 0 Å². The van der Waals surface area contributed by atoms with E-state index in [9.17, 15) is 19.2 Å². The van der Waals surface area contributed by atoms with E-state index in [0.717, 1.165) is 16.9 Å². The number of amides is 3. The molecule has 2 unspecified atom stereocenters. The van der Waals surface area contributed by atoms with Gasteiger partial charge in [-0.15, -0.1) is 0 Å². The van der Waals surface area contributed by atoms with E-state index < -0.39 is 17.1 Å². The molecule has 1 fully saturated rings. The summed E-state index contributed by atoms with van der Waals surface area (Å²) in [4.78, 5) is 55.1. The summed E-state index contributed by atoms with van der Waals surface area (Å²) in [5, 5.41) is 3.12. The average molecular weight is 562 g/mol. The van der Waals surface area contributed by atoms with E-state index in [-0.39, 0.29) is 29.1 Å². The zero-order chi connectivity index (χ0) is 26.4. The third kappa shape index (κ3) is 4.26. The van der Waals surface area contributed by atoms with E-state index >= 15 is 0 Å². The number of nitrogens with zero attached hydrogens (tertiary/aromatic N) is 2. The van der Waals surface area contributed by atoms with Crippen molar-refractivity contribution < 1.29 is 14.4 Å². The van der Waals surface area contributed by atoms with Gasteiger partial charge in [0.25, 0.3) is 0 Å². The Hall–Kier alpha value is -3.66. The maximum absolute atomic E-state index is 13.8. The molecule has 1 saturated heterocycles. The molecule has 4 aromatic rings. The maximum atomic E-state index is 13.8. The van der Waals surface area contributed by atoms with E-state index in [4.69, 9.17) is 11.6 Å². The number of halogens is 1.